The Morgan fingerprint density at radius 2 is 1.88 bits per heavy atom. The second-order valence-electron chi connectivity index (χ2n) is 7.26. The molecule has 0 aromatic heterocycles. The van der Waals surface area contributed by atoms with E-state index in [1.54, 1.807) is 20.8 Å². The number of methoxy groups -OCH3 is 1. The Hall–Kier alpha value is -1.80. The first-order chi connectivity index (χ1) is 11.6. The summed E-state index contributed by atoms with van der Waals surface area (Å²) in [5.41, 5.74) is -1.61. The minimum absolute atomic E-state index is 0.135. The lowest BCUT2D eigenvalue weighted by molar-refractivity contribution is 0.00216. The summed E-state index contributed by atoms with van der Waals surface area (Å²) in [5.74, 6) is 0.221. The number of likely N-dealkylation sites (tertiary alicyclic amines) is 1. The molecule has 0 atom stereocenters. The van der Waals surface area contributed by atoms with Crippen LogP contribution in [0, 0.1) is 0 Å². The zero-order valence-electron chi connectivity index (χ0n) is 15.1. The molecule has 1 aliphatic heterocycles. The number of carbonyl (C=O) groups excluding carboxylic acids is 1. The van der Waals surface area contributed by atoms with E-state index in [9.17, 15) is 14.8 Å². The van der Waals surface area contributed by atoms with Crippen molar-refractivity contribution < 1.29 is 28.7 Å². The van der Waals surface area contributed by atoms with Gasteiger partial charge in [-0.25, -0.2) is 9.18 Å². The van der Waals surface area contributed by atoms with Crippen LogP contribution in [0.15, 0.2) is 18.2 Å². The van der Waals surface area contributed by atoms with E-state index in [0.717, 1.165) is 0 Å². The van der Waals surface area contributed by atoms with Gasteiger partial charge >= 0.3 is 13.2 Å². The van der Waals surface area contributed by atoms with Gasteiger partial charge in [-0.2, -0.15) is 0 Å². The van der Waals surface area contributed by atoms with Crippen molar-refractivity contribution in [3.8, 4) is 5.75 Å². The number of nitrogens with zero attached hydrogens (tertiary/aromatic N) is 1. The highest BCUT2D eigenvalue weighted by Gasteiger charge is 2.39. The highest BCUT2D eigenvalue weighted by molar-refractivity contribution is 6.59. The molecule has 0 aliphatic carbocycles. The first kappa shape index (κ1) is 19.5. The number of amides is 1. The molecule has 0 unspecified atom stereocenters. The second kappa shape index (κ2) is 7.21. The average molecular weight is 353 g/mol. The maximum atomic E-state index is 15.4. The fourth-order valence-electron chi connectivity index (χ4n) is 2.86. The van der Waals surface area contributed by atoms with E-state index in [1.807, 2.05) is 0 Å². The molecule has 1 fully saturated rings. The smallest absolute Gasteiger partial charge is 0.492 e. The molecule has 25 heavy (non-hydrogen) atoms. The normalized spacial score (nSPS) is 17.2. The van der Waals surface area contributed by atoms with Crippen LogP contribution in [0.1, 0.15) is 39.2 Å². The monoisotopic (exact) mass is 353 g/mol. The molecule has 8 heteroatoms. The summed E-state index contributed by atoms with van der Waals surface area (Å²) in [6, 6.07) is 4.46. The van der Waals surface area contributed by atoms with Gasteiger partial charge < -0.3 is 24.4 Å². The largest absolute Gasteiger partial charge is 0.497 e. The zero-order valence-corrected chi connectivity index (χ0v) is 15.1. The third-order valence-electron chi connectivity index (χ3n) is 4.24. The number of piperidine rings is 1. The molecule has 138 valence electrons. The number of hydrogen-bond acceptors (Lipinski definition) is 5. The van der Waals surface area contributed by atoms with Crippen LogP contribution in [0.3, 0.4) is 0 Å². The molecule has 1 saturated heterocycles. The van der Waals surface area contributed by atoms with Crippen LogP contribution in [0.25, 0.3) is 0 Å². The Morgan fingerprint density at radius 3 is 2.36 bits per heavy atom. The number of carbonyl (C=O) groups is 1. The molecular weight excluding hydrogens is 328 g/mol. The van der Waals surface area contributed by atoms with Crippen LogP contribution in [0.2, 0.25) is 0 Å². The molecule has 0 bridgehead atoms. The third kappa shape index (κ3) is 4.64. The maximum absolute atomic E-state index is 15.4. The van der Waals surface area contributed by atoms with Crippen molar-refractivity contribution in [2.75, 3.05) is 20.2 Å². The second-order valence-corrected chi connectivity index (χ2v) is 7.26. The van der Waals surface area contributed by atoms with Gasteiger partial charge in [0.05, 0.1) is 7.11 Å². The predicted octanol–water partition coefficient (Wildman–Crippen LogP) is 1.57. The molecule has 1 aromatic rings. The van der Waals surface area contributed by atoms with Crippen molar-refractivity contribution in [3.05, 3.63) is 23.8 Å². The van der Waals surface area contributed by atoms with Gasteiger partial charge in [-0.1, -0.05) is 12.1 Å². The van der Waals surface area contributed by atoms with Crippen molar-refractivity contribution in [2.24, 2.45) is 0 Å². The van der Waals surface area contributed by atoms with E-state index in [1.165, 1.54) is 30.2 Å². The Bertz CT molecular complexity index is 624. The van der Waals surface area contributed by atoms with E-state index < -0.39 is 24.5 Å². The Morgan fingerprint density at radius 1 is 1.28 bits per heavy atom. The minimum atomic E-state index is -1.69. The van der Waals surface area contributed by atoms with Crippen LogP contribution < -0.4 is 10.2 Å². The Balaban J connectivity index is 2.11. The van der Waals surface area contributed by atoms with Crippen molar-refractivity contribution in [3.63, 3.8) is 0 Å². The predicted molar refractivity (Wildman–Crippen MR) is 92.6 cm³/mol. The fourth-order valence-corrected chi connectivity index (χ4v) is 2.86. The van der Waals surface area contributed by atoms with Crippen LogP contribution in [-0.4, -0.2) is 54.0 Å². The number of halogens is 1. The minimum Gasteiger partial charge on any atom is -0.497 e. The summed E-state index contributed by atoms with van der Waals surface area (Å²) in [7, 11) is -0.297. The molecule has 1 aliphatic rings. The van der Waals surface area contributed by atoms with E-state index in [4.69, 9.17) is 9.47 Å². The molecule has 0 spiro atoms. The highest BCUT2D eigenvalue weighted by Crippen LogP contribution is 2.38. The first-order valence-electron chi connectivity index (χ1n) is 8.27. The van der Waals surface area contributed by atoms with Gasteiger partial charge in [-0.3, -0.25) is 0 Å². The quantitative estimate of drug-likeness (QED) is 0.807. The van der Waals surface area contributed by atoms with Crippen molar-refractivity contribution in [1.82, 2.24) is 4.90 Å². The number of rotatable bonds is 3. The Labute approximate surface area is 147 Å². The lowest BCUT2D eigenvalue weighted by Crippen LogP contribution is -2.45. The van der Waals surface area contributed by atoms with Gasteiger partial charge in [-0.05, 0) is 32.4 Å². The number of ether oxygens (including phenoxy) is 2. The zero-order chi connectivity index (χ0) is 18.8. The summed E-state index contributed by atoms with van der Waals surface area (Å²) in [5, 5.41) is 18.6. The van der Waals surface area contributed by atoms with Gasteiger partial charge in [0.1, 0.15) is 17.0 Å². The van der Waals surface area contributed by atoms with Crippen molar-refractivity contribution >= 4 is 18.7 Å². The molecule has 1 heterocycles. The van der Waals surface area contributed by atoms with Crippen LogP contribution in [0.5, 0.6) is 5.75 Å². The van der Waals surface area contributed by atoms with Gasteiger partial charge in [0, 0.05) is 31.4 Å². The third-order valence-corrected chi connectivity index (χ3v) is 4.24. The molecule has 6 nitrogen and oxygen atoms in total. The highest BCUT2D eigenvalue weighted by atomic mass is 19.1. The summed E-state index contributed by atoms with van der Waals surface area (Å²) < 4.78 is 25.8. The maximum Gasteiger partial charge on any atom is 0.492 e. The van der Waals surface area contributed by atoms with Crippen molar-refractivity contribution in [1.29, 1.82) is 0 Å². The lowest BCUT2D eigenvalue weighted by atomic mass is 9.77. The molecule has 0 radical (unpaired) electrons. The van der Waals surface area contributed by atoms with Gasteiger partial charge in [0.25, 0.3) is 0 Å². The standard InChI is InChI=1S/C17H25BFNO5/c1-16(2,3)25-15(21)20-9-7-17(19,8-10-20)12-5-6-13(18(22)23)14(11-12)24-4/h5-6,11,22-23H,7-10H2,1-4H3. The van der Waals surface area contributed by atoms with Gasteiger partial charge in [-0.15, -0.1) is 0 Å². The van der Waals surface area contributed by atoms with Crippen molar-refractivity contribution in [2.45, 2.75) is 44.9 Å². The lowest BCUT2D eigenvalue weighted by Gasteiger charge is -2.37. The first-order valence-corrected chi connectivity index (χ1v) is 8.27. The average Bonchev–Trinajstić information content (AvgIpc) is 2.53. The van der Waals surface area contributed by atoms with Crippen LogP contribution in [0.4, 0.5) is 9.18 Å². The summed E-state index contributed by atoms with van der Waals surface area (Å²) >= 11 is 0. The molecular formula is C17H25BFNO5. The van der Waals surface area contributed by atoms with E-state index in [0.29, 0.717) is 5.56 Å². The SMILES string of the molecule is COc1cc(C2(F)CCN(C(=O)OC(C)(C)C)CC2)ccc1B(O)O. The molecule has 2 N–H and O–H groups in total. The summed E-state index contributed by atoms with van der Waals surface area (Å²) in [4.78, 5) is 13.6. The van der Waals surface area contributed by atoms with E-state index in [-0.39, 0.29) is 37.1 Å². The van der Waals surface area contributed by atoms with Gasteiger partial charge in [0.2, 0.25) is 0 Å². The summed E-state index contributed by atoms with van der Waals surface area (Å²) in [6.45, 7) is 5.86. The molecule has 0 saturated carbocycles. The fraction of sp³-hybridized carbons (Fsp3) is 0.588. The molecule has 2 rings (SSSR count). The van der Waals surface area contributed by atoms with Crippen LogP contribution >= 0.6 is 0 Å². The number of alkyl halides is 1. The number of benzene rings is 1. The van der Waals surface area contributed by atoms with Crippen LogP contribution in [-0.2, 0) is 10.4 Å². The molecule has 1 aromatic carbocycles. The van der Waals surface area contributed by atoms with E-state index >= 15 is 4.39 Å². The Kier molecular flexibility index (Phi) is 5.63. The summed E-state index contributed by atoms with van der Waals surface area (Å²) in [6.07, 6.45) is -0.168. The van der Waals surface area contributed by atoms with Gasteiger partial charge in [0.15, 0.2) is 0 Å². The molecule has 1 amide bonds. The van der Waals surface area contributed by atoms with E-state index in [2.05, 4.69) is 0 Å². The number of hydrogen-bond donors (Lipinski definition) is 2. The topological polar surface area (TPSA) is 79.2 Å².